The van der Waals surface area contributed by atoms with Gasteiger partial charge in [0.15, 0.2) is 0 Å². The van der Waals surface area contributed by atoms with Crippen molar-refractivity contribution in [3.05, 3.63) is 34.6 Å². The van der Waals surface area contributed by atoms with Crippen molar-refractivity contribution in [1.82, 2.24) is 5.32 Å². The summed E-state index contributed by atoms with van der Waals surface area (Å²) in [7, 11) is 0. The molecule has 0 spiro atoms. The fourth-order valence-corrected chi connectivity index (χ4v) is 2.77. The average Bonchev–Trinajstić information content (AvgIpc) is 2.84. The molecule has 1 nitrogen and oxygen atoms in total. The predicted octanol–water partition coefficient (Wildman–Crippen LogP) is 4.15. The molecule has 1 aromatic carbocycles. The van der Waals surface area contributed by atoms with Crippen molar-refractivity contribution in [3.8, 4) is 0 Å². The Hall–Kier alpha value is -0.600. The SMILES string of the molecule is C[C@H](NCc1cccc(F)c1Cl)C1CCCC1. The Morgan fingerprint density at radius 2 is 2.12 bits per heavy atom. The quantitative estimate of drug-likeness (QED) is 0.852. The van der Waals surface area contributed by atoms with Crippen molar-refractivity contribution in [1.29, 1.82) is 0 Å². The van der Waals surface area contributed by atoms with Gasteiger partial charge in [0.1, 0.15) is 5.82 Å². The van der Waals surface area contributed by atoms with E-state index >= 15 is 0 Å². The van der Waals surface area contributed by atoms with Crippen LogP contribution in [-0.2, 0) is 6.54 Å². The van der Waals surface area contributed by atoms with Gasteiger partial charge >= 0.3 is 0 Å². The van der Waals surface area contributed by atoms with E-state index in [-0.39, 0.29) is 10.8 Å². The maximum Gasteiger partial charge on any atom is 0.142 e. The van der Waals surface area contributed by atoms with Crippen LogP contribution in [0.4, 0.5) is 4.39 Å². The maximum atomic E-state index is 13.2. The normalized spacial score (nSPS) is 18.5. The first-order valence-corrected chi connectivity index (χ1v) is 6.72. The summed E-state index contributed by atoms with van der Waals surface area (Å²) in [5, 5.41) is 3.71. The van der Waals surface area contributed by atoms with Crippen LogP contribution < -0.4 is 5.32 Å². The van der Waals surface area contributed by atoms with Crippen LogP contribution in [0.3, 0.4) is 0 Å². The van der Waals surface area contributed by atoms with Gasteiger partial charge < -0.3 is 5.32 Å². The highest BCUT2D eigenvalue weighted by Gasteiger charge is 2.21. The minimum absolute atomic E-state index is 0.249. The third-order valence-electron chi connectivity index (χ3n) is 3.75. The summed E-state index contributed by atoms with van der Waals surface area (Å²) in [6.45, 7) is 2.86. The molecule has 1 aliphatic carbocycles. The van der Waals surface area contributed by atoms with E-state index in [0.717, 1.165) is 11.5 Å². The molecule has 0 aromatic heterocycles. The predicted molar refractivity (Wildman–Crippen MR) is 69.7 cm³/mol. The molecule has 0 aliphatic heterocycles. The van der Waals surface area contributed by atoms with Crippen LogP contribution in [0.25, 0.3) is 0 Å². The number of nitrogens with one attached hydrogen (secondary N) is 1. The molecule has 94 valence electrons. The third-order valence-corrected chi connectivity index (χ3v) is 4.18. The number of hydrogen-bond acceptors (Lipinski definition) is 1. The van der Waals surface area contributed by atoms with Gasteiger partial charge in [-0.05, 0) is 37.3 Å². The highest BCUT2D eigenvalue weighted by molar-refractivity contribution is 6.31. The smallest absolute Gasteiger partial charge is 0.142 e. The van der Waals surface area contributed by atoms with Crippen molar-refractivity contribution in [2.75, 3.05) is 0 Å². The van der Waals surface area contributed by atoms with Gasteiger partial charge in [-0.1, -0.05) is 36.6 Å². The second kappa shape index (κ2) is 5.83. The molecule has 0 unspecified atom stereocenters. The molecule has 0 radical (unpaired) electrons. The van der Waals surface area contributed by atoms with Crippen LogP contribution in [0.5, 0.6) is 0 Å². The van der Waals surface area contributed by atoms with Crippen LogP contribution in [0, 0.1) is 11.7 Å². The summed E-state index contributed by atoms with van der Waals surface area (Å²) in [5.41, 5.74) is 0.844. The van der Waals surface area contributed by atoms with E-state index in [1.807, 2.05) is 6.07 Å². The van der Waals surface area contributed by atoms with E-state index in [0.29, 0.717) is 12.6 Å². The maximum absolute atomic E-state index is 13.2. The standard InChI is InChI=1S/C14H19ClFN/c1-10(11-5-2-3-6-11)17-9-12-7-4-8-13(16)14(12)15/h4,7-8,10-11,17H,2-3,5-6,9H2,1H3/t10-/m0/s1. The molecule has 1 aromatic rings. The first-order valence-electron chi connectivity index (χ1n) is 6.34. The molecule has 1 atom stereocenters. The lowest BCUT2D eigenvalue weighted by Crippen LogP contribution is -2.31. The Kier molecular flexibility index (Phi) is 4.41. The van der Waals surface area contributed by atoms with E-state index in [1.54, 1.807) is 6.07 Å². The minimum atomic E-state index is -0.334. The lowest BCUT2D eigenvalue weighted by molar-refractivity contribution is 0.380. The Bertz CT molecular complexity index is 374. The van der Waals surface area contributed by atoms with Gasteiger partial charge in [-0.25, -0.2) is 4.39 Å². The fraction of sp³-hybridized carbons (Fsp3) is 0.571. The second-order valence-electron chi connectivity index (χ2n) is 4.93. The third kappa shape index (κ3) is 3.20. The lowest BCUT2D eigenvalue weighted by atomic mass is 9.99. The van der Waals surface area contributed by atoms with Crippen LogP contribution in [0.1, 0.15) is 38.2 Å². The molecule has 1 aliphatic rings. The van der Waals surface area contributed by atoms with E-state index in [2.05, 4.69) is 12.2 Å². The van der Waals surface area contributed by atoms with Gasteiger partial charge in [-0.3, -0.25) is 0 Å². The molecule has 17 heavy (non-hydrogen) atoms. The van der Waals surface area contributed by atoms with Gasteiger partial charge in [0.2, 0.25) is 0 Å². The number of hydrogen-bond donors (Lipinski definition) is 1. The topological polar surface area (TPSA) is 12.0 Å². The Morgan fingerprint density at radius 3 is 2.82 bits per heavy atom. The molecule has 1 saturated carbocycles. The molecule has 0 amide bonds. The van der Waals surface area contributed by atoms with Crippen molar-refractivity contribution < 1.29 is 4.39 Å². The van der Waals surface area contributed by atoms with Crippen molar-refractivity contribution in [3.63, 3.8) is 0 Å². The van der Waals surface area contributed by atoms with E-state index in [9.17, 15) is 4.39 Å². The molecule has 1 fully saturated rings. The molecule has 0 saturated heterocycles. The number of halogens is 2. The molecular weight excluding hydrogens is 237 g/mol. The molecule has 2 rings (SSSR count). The van der Waals surface area contributed by atoms with E-state index in [4.69, 9.17) is 11.6 Å². The Balaban J connectivity index is 1.90. The highest BCUT2D eigenvalue weighted by Crippen LogP contribution is 2.28. The molecule has 0 bridgehead atoms. The second-order valence-corrected chi connectivity index (χ2v) is 5.31. The van der Waals surface area contributed by atoms with Crippen LogP contribution in [0.15, 0.2) is 18.2 Å². The van der Waals surface area contributed by atoms with Gasteiger partial charge in [-0.15, -0.1) is 0 Å². The summed E-state index contributed by atoms with van der Waals surface area (Å²) in [6, 6.07) is 5.46. The largest absolute Gasteiger partial charge is 0.310 e. The summed E-state index contributed by atoms with van der Waals surface area (Å²) in [6.07, 6.45) is 5.31. The first kappa shape index (κ1) is 12.8. The van der Waals surface area contributed by atoms with Crippen molar-refractivity contribution in [2.45, 2.75) is 45.2 Å². The summed E-state index contributed by atoms with van der Waals surface area (Å²) >= 11 is 5.92. The van der Waals surface area contributed by atoms with E-state index in [1.165, 1.54) is 31.7 Å². The number of benzene rings is 1. The zero-order valence-corrected chi connectivity index (χ0v) is 10.9. The van der Waals surface area contributed by atoms with Gasteiger partial charge in [0, 0.05) is 12.6 Å². The molecule has 3 heteroatoms. The van der Waals surface area contributed by atoms with Gasteiger partial charge in [0.25, 0.3) is 0 Å². The average molecular weight is 256 g/mol. The summed E-state index contributed by atoms with van der Waals surface area (Å²) in [5.74, 6) is 0.432. The molecular formula is C14H19ClFN. The van der Waals surface area contributed by atoms with Crippen LogP contribution in [0.2, 0.25) is 5.02 Å². The zero-order chi connectivity index (χ0) is 12.3. The van der Waals surface area contributed by atoms with Crippen molar-refractivity contribution in [2.24, 2.45) is 5.92 Å². The lowest BCUT2D eigenvalue weighted by Gasteiger charge is -2.20. The van der Waals surface area contributed by atoms with Gasteiger partial charge in [-0.2, -0.15) is 0 Å². The fourth-order valence-electron chi connectivity index (χ4n) is 2.58. The summed E-state index contributed by atoms with van der Waals surface area (Å²) < 4.78 is 13.2. The van der Waals surface area contributed by atoms with Crippen LogP contribution >= 0.6 is 11.6 Å². The molecule has 0 heterocycles. The summed E-state index contributed by atoms with van der Waals surface area (Å²) in [4.78, 5) is 0. The van der Waals surface area contributed by atoms with Crippen LogP contribution in [-0.4, -0.2) is 6.04 Å². The van der Waals surface area contributed by atoms with Crippen molar-refractivity contribution >= 4 is 11.6 Å². The highest BCUT2D eigenvalue weighted by atomic mass is 35.5. The number of rotatable bonds is 4. The minimum Gasteiger partial charge on any atom is -0.310 e. The Morgan fingerprint density at radius 1 is 1.41 bits per heavy atom. The first-order chi connectivity index (χ1) is 8.18. The van der Waals surface area contributed by atoms with Gasteiger partial charge in [0.05, 0.1) is 5.02 Å². The Labute approximate surface area is 107 Å². The van der Waals surface area contributed by atoms with E-state index < -0.39 is 0 Å². The zero-order valence-electron chi connectivity index (χ0n) is 10.2. The molecule has 1 N–H and O–H groups in total. The monoisotopic (exact) mass is 255 g/mol.